The standard InChI is InChI=1S/2C40H28S.C40H28/c1-2-13-28(14-3-1)37-24-25-38(41-37)29-16-10-17-30(26-29)39-33-19-6-8-21-35(33)40(36-22-9-7-20-34(36)39)32-23-11-15-27-12-4-5-18-31(27)32;1-2-12-28(13-3-1)37-25-26-38(41-37)29-21-23-30(24-22-29)39-33-16-6-8-18-35(33)40(36-19-9-7-17-34(36)39)32-20-10-14-27-11-4-5-15-31(27)32;1-2-13-27(14-3-1)29-22-11-24-32-31(29)23-12-26-34(32)40-37-20-8-6-18-35(37)39(36-19-7-9-21-38(36)40)33-25-10-16-28-15-4-5-17-30(28)33/h1-10,12-14,16-26H,11,15H2;1-9,11-13,15-26H,10,14H2;1-9,11-15,17-26H,10,16H2. The fourth-order valence-corrected chi connectivity index (χ4v) is 21.9. The van der Waals surface area contributed by atoms with Gasteiger partial charge in [-0.3, -0.25) is 0 Å². The third kappa shape index (κ3) is 13.5. The van der Waals surface area contributed by atoms with Crippen LogP contribution in [0.3, 0.4) is 0 Å². The molecule has 0 nitrogen and oxygen atoms in total. The summed E-state index contributed by atoms with van der Waals surface area (Å²) in [5.41, 5.74) is 31.9. The van der Waals surface area contributed by atoms with Crippen molar-refractivity contribution in [3.63, 3.8) is 0 Å². The number of thiophene rings is 2. The molecule has 0 saturated carbocycles. The van der Waals surface area contributed by atoms with E-state index >= 15 is 0 Å². The van der Waals surface area contributed by atoms with Crippen LogP contribution in [0.25, 0.3) is 178 Å². The molecule has 3 aliphatic carbocycles. The van der Waals surface area contributed by atoms with Gasteiger partial charge in [-0.25, -0.2) is 0 Å². The molecule has 21 aromatic rings. The van der Waals surface area contributed by atoms with Gasteiger partial charge in [0.15, 0.2) is 0 Å². The normalized spacial score (nSPS) is 12.9. The summed E-state index contributed by atoms with van der Waals surface area (Å²) in [4.78, 5) is 5.19. The van der Waals surface area contributed by atoms with Crippen molar-refractivity contribution in [2.45, 2.75) is 38.5 Å². The molecule has 0 aliphatic heterocycles. The first-order valence-corrected chi connectivity index (χ1v) is 44.5. The summed E-state index contributed by atoms with van der Waals surface area (Å²) < 4.78 is 0. The van der Waals surface area contributed by atoms with Crippen LogP contribution in [-0.2, 0) is 19.3 Å². The van der Waals surface area contributed by atoms with E-state index in [1.165, 1.54) is 228 Å². The first kappa shape index (κ1) is 74.0. The second-order valence-corrected chi connectivity index (χ2v) is 34.4. The molecule has 0 fully saturated rings. The topological polar surface area (TPSA) is 0 Å². The monoisotopic (exact) mass is 1590 g/mol. The van der Waals surface area contributed by atoms with Gasteiger partial charge in [-0.15, -0.1) is 22.7 Å². The minimum absolute atomic E-state index is 1.07. The average Bonchev–Trinajstić information content (AvgIpc) is 1.21. The number of fused-ring (bicyclic) bond motifs is 10. The van der Waals surface area contributed by atoms with E-state index < -0.39 is 0 Å². The number of benzene rings is 19. The molecule has 576 valence electrons. The lowest BCUT2D eigenvalue weighted by molar-refractivity contribution is 0.978. The maximum absolute atomic E-state index is 2.46. The number of hydrogen-bond acceptors (Lipinski definition) is 2. The van der Waals surface area contributed by atoms with Gasteiger partial charge in [-0.1, -0.05) is 406 Å². The van der Waals surface area contributed by atoms with E-state index in [4.69, 9.17) is 0 Å². The van der Waals surface area contributed by atoms with E-state index in [9.17, 15) is 0 Å². The van der Waals surface area contributed by atoms with E-state index in [-0.39, 0.29) is 0 Å². The van der Waals surface area contributed by atoms with Crippen molar-refractivity contribution in [1.82, 2.24) is 0 Å². The lowest BCUT2D eigenvalue weighted by Crippen LogP contribution is -2.02. The molecule has 0 spiro atoms. The second kappa shape index (κ2) is 32.4. The molecule has 0 amide bonds. The highest BCUT2D eigenvalue weighted by Crippen LogP contribution is 2.52. The van der Waals surface area contributed by atoms with Gasteiger partial charge in [0.25, 0.3) is 0 Å². The molecule has 2 heterocycles. The van der Waals surface area contributed by atoms with Crippen LogP contribution in [0, 0.1) is 0 Å². The number of aryl methyl sites for hydroxylation is 3. The van der Waals surface area contributed by atoms with Gasteiger partial charge in [0.05, 0.1) is 0 Å². The smallest absolute Gasteiger partial charge is 0.0349 e. The molecule has 0 radical (unpaired) electrons. The van der Waals surface area contributed by atoms with Gasteiger partial charge >= 0.3 is 0 Å². The predicted octanol–water partition coefficient (Wildman–Crippen LogP) is 33.7. The highest BCUT2D eigenvalue weighted by Gasteiger charge is 2.27. The van der Waals surface area contributed by atoms with Gasteiger partial charge < -0.3 is 0 Å². The molecule has 3 aliphatic rings. The third-order valence-corrected chi connectivity index (χ3v) is 27.7. The lowest BCUT2D eigenvalue weighted by Gasteiger charge is -2.23. The number of allylic oxidation sites excluding steroid dienone is 3. The molecular formula is C120H84S2. The van der Waals surface area contributed by atoms with E-state index in [1.807, 2.05) is 22.7 Å². The van der Waals surface area contributed by atoms with Crippen LogP contribution in [0.2, 0.25) is 0 Å². The van der Waals surface area contributed by atoms with Crippen molar-refractivity contribution in [1.29, 1.82) is 0 Å². The zero-order valence-electron chi connectivity index (χ0n) is 67.6. The average molecular weight is 1590 g/mol. The molecule has 2 aromatic heterocycles. The molecule has 2 heteroatoms. The Kier molecular flexibility index (Phi) is 19.6. The first-order valence-electron chi connectivity index (χ1n) is 42.8. The lowest BCUT2D eigenvalue weighted by atomic mass is 9.80. The fourth-order valence-electron chi connectivity index (χ4n) is 19.9. The summed E-state index contributed by atoms with van der Waals surface area (Å²) >= 11 is 3.71. The molecule has 19 aromatic carbocycles. The van der Waals surface area contributed by atoms with Crippen LogP contribution in [0.1, 0.15) is 69.3 Å². The minimum atomic E-state index is 1.07. The summed E-state index contributed by atoms with van der Waals surface area (Å²) in [5, 5.41) is 18.3. The zero-order valence-corrected chi connectivity index (χ0v) is 69.3. The Morgan fingerprint density at radius 3 is 0.779 bits per heavy atom. The Hall–Kier alpha value is -14.4. The van der Waals surface area contributed by atoms with E-state index in [0.29, 0.717) is 0 Å². The van der Waals surface area contributed by atoms with Crippen molar-refractivity contribution >= 4 is 115 Å². The van der Waals surface area contributed by atoms with E-state index in [1.54, 1.807) is 0 Å². The molecule has 0 bridgehead atoms. The van der Waals surface area contributed by atoms with Gasteiger partial charge in [0.1, 0.15) is 0 Å². The van der Waals surface area contributed by atoms with Crippen LogP contribution in [0.15, 0.2) is 437 Å². The quantitative estimate of drug-likeness (QED) is 0.113. The Bertz CT molecular complexity index is 7550. The highest BCUT2D eigenvalue weighted by molar-refractivity contribution is 7.19. The number of hydrogen-bond donors (Lipinski definition) is 0. The zero-order chi connectivity index (χ0) is 80.8. The summed E-state index contributed by atoms with van der Waals surface area (Å²) in [6.45, 7) is 0. The summed E-state index contributed by atoms with van der Waals surface area (Å²) in [7, 11) is 0. The SMILES string of the molecule is C1=C(c2c3ccccc3c(-c3ccc(-c4ccc(-c5ccccc5)s4)cc3)c3ccccc23)c2ccccc2CC1.C1=C(c2c3ccccc3c(-c3cccc(-c4ccc(-c5ccccc5)s4)c3)c3ccccc23)c2ccccc2CC1.C1=C(c2c3ccccc3c(-c3cccc4c(-c5ccccc5)cccc34)c3ccccc23)c2ccccc2CC1. The summed E-state index contributed by atoms with van der Waals surface area (Å²) in [5.74, 6) is 0. The van der Waals surface area contributed by atoms with Crippen LogP contribution < -0.4 is 0 Å². The Labute approximate surface area is 721 Å². The van der Waals surface area contributed by atoms with Crippen molar-refractivity contribution in [3.8, 4) is 86.3 Å². The van der Waals surface area contributed by atoms with Crippen molar-refractivity contribution in [2.24, 2.45) is 0 Å². The maximum Gasteiger partial charge on any atom is 0.0349 e. The third-order valence-electron chi connectivity index (χ3n) is 25.3. The van der Waals surface area contributed by atoms with Gasteiger partial charge in [-0.2, -0.15) is 0 Å². The first-order chi connectivity index (χ1) is 60.6. The largest absolute Gasteiger partial charge is 0.135 e. The van der Waals surface area contributed by atoms with Crippen molar-refractivity contribution in [2.75, 3.05) is 0 Å². The molecule has 0 unspecified atom stereocenters. The molecule has 24 rings (SSSR count). The summed E-state index contributed by atoms with van der Waals surface area (Å²) in [6.07, 6.45) is 13.9. The van der Waals surface area contributed by atoms with Crippen molar-refractivity contribution < 1.29 is 0 Å². The Morgan fingerprint density at radius 1 is 0.148 bits per heavy atom. The van der Waals surface area contributed by atoms with Gasteiger partial charge in [0.2, 0.25) is 0 Å². The Balaban J connectivity index is 0.000000109. The predicted molar refractivity (Wildman–Crippen MR) is 527 cm³/mol. The molecule has 122 heavy (non-hydrogen) atoms. The highest BCUT2D eigenvalue weighted by atomic mass is 32.1. The molecular weight excluding hydrogens is 1510 g/mol. The summed E-state index contributed by atoms with van der Waals surface area (Å²) in [6, 6.07) is 154. The van der Waals surface area contributed by atoms with E-state index in [2.05, 4.69) is 437 Å². The van der Waals surface area contributed by atoms with Gasteiger partial charge in [-0.05, 0) is 278 Å². The van der Waals surface area contributed by atoms with Crippen LogP contribution in [-0.4, -0.2) is 0 Å². The van der Waals surface area contributed by atoms with Gasteiger partial charge in [0, 0.05) is 19.5 Å². The maximum atomic E-state index is 2.46. The Morgan fingerprint density at radius 2 is 0.393 bits per heavy atom. The molecule has 0 atom stereocenters. The fraction of sp³-hybridized carbons (Fsp3) is 0.0500. The van der Waals surface area contributed by atoms with E-state index in [0.717, 1.165) is 38.5 Å². The second-order valence-electron chi connectivity index (χ2n) is 32.3. The number of rotatable bonds is 11. The molecule has 0 saturated heterocycles. The minimum Gasteiger partial charge on any atom is -0.135 e. The van der Waals surface area contributed by atoms with Crippen LogP contribution >= 0.6 is 22.7 Å². The molecule has 0 N–H and O–H groups in total. The van der Waals surface area contributed by atoms with Crippen molar-refractivity contribution in [3.05, 3.63) is 487 Å². The van der Waals surface area contributed by atoms with Crippen LogP contribution in [0.4, 0.5) is 0 Å². The van der Waals surface area contributed by atoms with Crippen LogP contribution in [0.5, 0.6) is 0 Å².